The third-order valence-electron chi connectivity index (χ3n) is 6.79. The Morgan fingerprint density at radius 2 is 1.57 bits per heavy atom. The van der Waals surface area contributed by atoms with Crippen molar-refractivity contribution in [2.24, 2.45) is 11.3 Å². The highest BCUT2D eigenvalue weighted by molar-refractivity contribution is 6.05. The van der Waals surface area contributed by atoms with Gasteiger partial charge in [-0.2, -0.15) is 0 Å². The molecule has 4 amide bonds. The van der Waals surface area contributed by atoms with Gasteiger partial charge in [0.25, 0.3) is 0 Å². The number of ether oxygens (including phenoxy) is 2. The summed E-state index contributed by atoms with van der Waals surface area (Å²) < 4.78 is 11.5. The molecule has 216 valence electrons. The van der Waals surface area contributed by atoms with Crippen LogP contribution >= 0.6 is 0 Å². The minimum atomic E-state index is -0.850. The number of hydrogen-bond donors (Lipinski definition) is 2. The highest BCUT2D eigenvalue weighted by atomic mass is 16.7. The van der Waals surface area contributed by atoms with Crippen molar-refractivity contribution in [1.82, 2.24) is 15.5 Å². The number of rotatable bonds is 9. The van der Waals surface area contributed by atoms with E-state index in [1.807, 2.05) is 80.7 Å². The van der Waals surface area contributed by atoms with E-state index in [-0.39, 0.29) is 49.6 Å². The van der Waals surface area contributed by atoms with Gasteiger partial charge in [-0.1, -0.05) is 80.7 Å². The topological polar surface area (TPSA) is 114 Å². The molecule has 1 aliphatic carbocycles. The number of amides is 4. The first kappa shape index (κ1) is 31.0. The minimum absolute atomic E-state index is 0.107. The van der Waals surface area contributed by atoms with Gasteiger partial charge in [-0.3, -0.25) is 24.1 Å². The van der Waals surface area contributed by atoms with Crippen LogP contribution in [0.1, 0.15) is 47.0 Å². The summed E-state index contributed by atoms with van der Waals surface area (Å²) in [7, 11) is 0. The molecule has 0 radical (unpaired) electrons. The van der Waals surface area contributed by atoms with Gasteiger partial charge in [0.15, 0.2) is 5.79 Å². The van der Waals surface area contributed by atoms with Gasteiger partial charge in [0.1, 0.15) is 6.10 Å². The van der Waals surface area contributed by atoms with Crippen molar-refractivity contribution in [2.45, 2.75) is 58.8 Å². The van der Waals surface area contributed by atoms with Crippen LogP contribution in [0.5, 0.6) is 0 Å². The molecule has 2 fully saturated rings. The maximum Gasteiger partial charge on any atom is 0.249 e. The van der Waals surface area contributed by atoms with Crippen LogP contribution in [0.2, 0.25) is 0 Å². The average Bonchev–Trinajstić information content (AvgIpc) is 3.16. The zero-order valence-corrected chi connectivity index (χ0v) is 23.9. The van der Waals surface area contributed by atoms with Crippen LogP contribution in [-0.2, 0) is 28.7 Å². The first-order valence-corrected chi connectivity index (χ1v) is 13.8. The van der Waals surface area contributed by atoms with Crippen molar-refractivity contribution in [3.63, 3.8) is 0 Å². The van der Waals surface area contributed by atoms with Crippen molar-refractivity contribution in [3.8, 4) is 0 Å². The Morgan fingerprint density at radius 3 is 2.27 bits per heavy atom. The van der Waals surface area contributed by atoms with E-state index in [1.54, 1.807) is 13.8 Å². The van der Waals surface area contributed by atoms with E-state index in [9.17, 15) is 19.2 Å². The van der Waals surface area contributed by atoms with Gasteiger partial charge in [0.05, 0.1) is 12.5 Å². The van der Waals surface area contributed by atoms with Gasteiger partial charge in [-0.15, -0.1) is 0 Å². The Labute approximate surface area is 236 Å². The lowest BCUT2D eigenvalue weighted by atomic mass is 9.85. The van der Waals surface area contributed by atoms with Gasteiger partial charge in [0, 0.05) is 37.9 Å². The van der Waals surface area contributed by atoms with Gasteiger partial charge in [-0.25, -0.2) is 0 Å². The SMILES string of the molecule is CC1(C)OCC(C)(C)[C@H](C(=O)NCCC(=O)NCCCN2C(=O)CC(C3=C\C=C/C=C\C=C/C=C\C=C3)C2=O)O1. The molecular formula is C31H41N3O6. The second-order valence-electron chi connectivity index (χ2n) is 11.1. The van der Waals surface area contributed by atoms with Crippen molar-refractivity contribution in [2.75, 3.05) is 26.2 Å². The molecule has 3 rings (SSSR count). The number of nitrogens with zero attached hydrogens (tertiary/aromatic N) is 1. The Balaban J connectivity index is 1.41. The van der Waals surface area contributed by atoms with Crippen LogP contribution in [0.25, 0.3) is 0 Å². The highest BCUT2D eigenvalue weighted by Crippen LogP contribution is 2.34. The molecule has 2 saturated heterocycles. The molecule has 0 saturated carbocycles. The fourth-order valence-corrected chi connectivity index (χ4v) is 4.52. The lowest BCUT2D eigenvalue weighted by Crippen LogP contribution is -2.56. The molecule has 2 N–H and O–H groups in total. The molecule has 0 spiro atoms. The zero-order valence-electron chi connectivity index (χ0n) is 23.9. The minimum Gasteiger partial charge on any atom is -0.356 e. The van der Waals surface area contributed by atoms with Gasteiger partial charge in [0.2, 0.25) is 23.6 Å². The summed E-state index contributed by atoms with van der Waals surface area (Å²) >= 11 is 0. The molecular weight excluding hydrogens is 510 g/mol. The zero-order chi connectivity index (χ0) is 29.2. The number of allylic oxidation sites excluding steroid dienone is 11. The van der Waals surface area contributed by atoms with E-state index in [0.717, 1.165) is 5.57 Å². The third-order valence-corrected chi connectivity index (χ3v) is 6.79. The van der Waals surface area contributed by atoms with Crippen molar-refractivity contribution in [3.05, 3.63) is 72.4 Å². The van der Waals surface area contributed by atoms with Gasteiger partial charge in [-0.05, 0) is 25.8 Å². The smallest absolute Gasteiger partial charge is 0.249 e. The average molecular weight is 552 g/mol. The first-order chi connectivity index (χ1) is 19.0. The Kier molecular flexibility index (Phi) is 11.0. The van der Waals surface area contributed by atoms with Crippen molar-refractivity contribution < 1.29 is 28.7 Å². The van der Waals surface area contributed by atoms with Crippen LogP contribution < -0.4 is 10.6 Å². The Hall–Kier alpha value is -3.56. The fourth-order valence-electron chi connectivity index (χ4n) is 4.52. The van der Waals surface area contributed by atoms with Crippen LogP contribution in [0.4, 0.5) is 0 Å². The van der Waals surface area contributed by atoms with E-state index >= 15 is 0 Å². The predicted molar refractivity (Wildman–Crippen MR) is 153 cm³/mol. The molecule has 9 nitrogen and oxygen atoms in total. The Bertz CT molecular complexity index is 1140. The number of likely N-dealkylation sites (tertiary alicyclic amines) is 1. The number of carbonyl (C=O) groups excluding carboxylic acids is 4. The molecule has 9 heteroatoms. The highest BCUT2D eigenvalue weighted by Gasteiger charge is 2.45. The van der Waals surface area contributed by atoms with Crippen LogP contribution in [0.15, 0.2) is 72.4 Å². The van der Waals surface area contributed by atoms with E-state index in [1.165, 1.54) is 4.90 Å². The quantitative estimate of drug-likeness (QED) is 0.336. The molecule has 2 aliphatic heterocycles. The van der Waals surface area contributed by atoms with Crippen molar-refractivity contribution >= 4 is 23.6 Å². The number of hydrogen-bond acceptors (Lipinski definition) is 6. The van der Waals surface area contributed by atoms with E-state index < -0.39 is 23.2 Å². The monoisotopic (exact) mass is 551 g/mol. The molecule has 40 heavy (non-hydrogen) atoms. The van der Waals surface area contributed by atoms with E-state index in [4.69, 9.17) is 9.47 Å². The number of nitrogens with one attached hydrogen (secondary N) is 2. The molecule has 2 atom stereocenters. The molecule has 0 bridgehead atoms. The second kappa shape index (κ2) is 14.2. The van der Waals surface area contributed by atoms with E-state index in [2.05, 4.69) is 10.6 Å². The van der Waals surface area contributed by atoms with Gasteiger partial charge < -0.3 is 20.1 Å². The second-order valence-corrected chi connectivity index (χ2v) is 11.1. The summed E-state index contributed by atoms with van der Waals surface area (Å²) in [6.07, 6.45) is 20.7. The molecule has 1 unspecified atom stereocenters. The summed E-state index contributed by atoms with van der Waals surface area (Å²) in [4.78, 5) is 51.9. The molecule has 0 aromatic rings. The van der Waals surface area contributed by atoms with Crippen LogP contribution in [0, 0.1) is 11.3 Å². The molecule has 3 aliphatic rings. The van der Waals surface area contributed by atoms with Gasteiger partial charge >= 0.3 is 0 Å². The summed E-state index contributed by atoms with van der Waals surface area (Å²) in [6.45, 7) is 8.44. The Morgan fingerprint density at radius 1 is 0.925 bits per heavy atom. The molecule has 0 aromatic heterocycles. The lowest BCUT2D eigenvalue weighted by molar-refractivity contribution is -0.304. The van der Waals surface area contributed by atoms with Crippen LogP contribution in [-0.4, -0.2) is 66.7 Å². The third kappa shape index (κ3) is 8.99. The number of imide groups is 1. The lowest BCUT2D eigenvalue weighted by Gasteiger charge is -2.44. The molecule has 0 aromatic carbocycles. The van der Waals surface area contributed by atoms with Crippen molar-refractivity contribution in [1.29, 1.82) is 0 Å². The maximum absolute atomic E-state index is 13.1. The van der Waals surface area contributed by atoms with E-state index in [0.29, 0.717) is 19.6 Å². The predicted octanol–water partition coefficient (Wildman–Crippen LogP) is 3.27. The summed E-state index contributed by atoms with van der Waals surface area (Å²) in [5, 5.41) is 5.57. The largest absolute Gasteiger partial charge is 0.356 e. The fraction of sp³-hybridized carbons (Fsp3) is 0.484. The standard InChI is InChI=1S/C31H41N3O6/c1-30(2)22-39-31(3,4)40-27(30)28(37)33-19-17-25(35)32-18-14-20-34-26(36)21-24(29(34)38)23-15-12-10-8-6-5-7-9-11-13-16-23/h5-13,15-16,24,27H,14,17-22H2,1-4H3,(H,32,35)(H,33,37)/b6-5-,7-5?,8-6?,9-7-,10-8-,11-9?,12-10?,13-11-,15-12?,16-13?,23-15?,23-16?/t24?,27-/m0/s1. The maximum atomic E-state index is 13.1. The van der Waals surface area contributed by atoms with Crippen LogP contribution in [0.3, 0.4) is 0 Å². The summed E-state index contributed by atoms with van der Waals surface area (Å²) in [5.41, 5.74) is 0.279. The first-order valence-electron chi connectivity index (χ1n) is 13.8. The number of carbonyl (C=O) groups is 4. The normalized spacial score (nSPS) is 27.1. The summed E-state index contributed by atoms with van der Waals surface area (Å²) in [5.74, 6) is -2.32. The summed E-state index contributed by atoms with van der Waals surface area (Å²) in [6, 6.07) is 0. The molecule has 2 heterocycles.